The first-order valence-electron chi connectivity index (χ1n) is 21.3. The highest BCUT2D eigenvalue weighted by atomic mass is 32.1. The van der Waals surface area contributed by atoms with Gasteiger partial charge in [0.05, 0.1) is 17.4 Å². The van der Waals surface area contributed by atoms with Gasteiger partial charge < -0.3 is 28.9 Å². The second-order valence-corrected chi connectivity index (χ2v) is 19.9. The van der Waals surface area contributed by atoms with Gasteiger partial charge >= 0.3 is 13.5 Å². The van der Waals surface area contributed by atoms with E-state index in [1.54, 1.807) is 61.8 Å². The number of para-hydroxylation sites is 1. The van der Waals surface area contributed by atoms with E-state index in [1.165, 1.54) is 35.0 Å². The largest absolute Gasteiger partial charge is 0.465 e. The van der Waals surface area contributed by atoms with Crippen molar-refractivity contribution in [3.05, 3.63) is 99.3 Å². The predicted octanol–water partition coefficient (Wildman–Crippen LogP) is 7.31. The molecule has 3 saturated heterocycles. The number of aromatic nitrogens is 1. The Kier molecular flexibility index (Phi) is 13.8. The topological polar surface area (TPSA) is 156 Å². The van der Waals surface area contributed by atoms with E-state index >= 15 is 4.39 Å². The van der Waals surface area contributed by atoms with Gasteiger partial charge in [-0.05, 0) is 97.9 Å². The lowest BCUT2D eigenvalue weighted by Gasteiger charge is -2.36. The number of amides is 3. The van der Waals surface area contributed by atoms with E-state index in [-0.39, 0.29) is 65.6 Å². The molecular weight excluding hydrogens is 821 g/mol. The first kappa shape index (κ1) is 44.2. The van der Waals surface area contributed by atoms with Crippen LogP contribution in [0.2, 0.25) is 0 Å². The van der Waals surface area contributed by atoms with Crippen molar-refractivity contribution in [3.63, 3.8) is 0 Å². The molecule has 61 heavy (non-hydrogen) atoms. The zero-order valence-corrected chi connectivity index (χ0v) is 36.8. The van der Waals surface area contributed by atoms with E-state index in [0.717, 1.165) is 31.2 Å². The van der Waals surface area contributed by atoms with Gasteiger partial charge in [0, 0.05) is 55.6 Å². The van der Waals surface area contributed by atoms with E-state index in [0.29, 0.717) is 47.3 Å². The molecule has 0 spiro atoms. The summed E-state index contributed by atoms with van der Waals surface area (Å²) < 4.78 is 44.0. The molecule has 2 N–H and O–H groups in total. The van der Waals surface area contributed by atoms with Gasteiger partial charge in [0.15, 0.2) is 0 Å². The number of thiophene rings is 1. The molecule has 3 unspecified atom stereocenters. The summed E-state index contributed by atoms with van der Waals surface area (Å²) in [5.41, 5.74) is 0.867. The van der Waals surface area contributed by atoms with Gasteiger partial charge in [0.25, 0.3) is 11.5 Å². The summed E-state index contributed by atoms with van der Waals surface area (Å²) in [4.78, 5) is 71.2. The van der Waals surface area contributed by atoms with Crippen molar-refractivity contribution in [1.29, 1.82) is 0 Å². The second kappa shape index (κ2) is 19.0. The number of carbonyl (C=O) groups excluding carboxylic acids is 4. The fourth-order valence-corrected chi connectivity index (χ4v) is 11.7. The molecule has 326 valence electrons. The van der Waals surface area contributed by atoms with Gasteiger partial charge in [0.1, 0.15) is 17.8 Å². The molecule has 0 aliphatic carbocycles. The zero-order valence-electron chi connectivity index (χ0n) is 35.1. The molecule has 7 rings (SSSR count). The highest BCUT2D eigenvalue weighted by Gasteiger charge is 2.47. The number of hydrogen-bond acceptors (Lipinski definition) is 9. The van der Waals surface area contributed by atoms with Crippen molar-refractivity contribution >= 4 is 52.6 Å². The number of aryl methyl sites for hydroxylation is 1. The van der Waals surface area contributed by atoms with Crippen molar-refractivity contribution in [1.82, 2.24) is 24.8 Å². The summed E-state index contributed by atoms with van der Waals surface area (Å²) >= 11 is 1.21. The maximum absolute atomic E-state index is 16.5. The molecule has 0 bridgehead atoms. The number of alkyl halides is 1. The van der Waals surface area contributed by atoms with Crippen LogP contribution in [-0.4, -0.2) is 82.4 Å². The number of hydrogen-bond donors (Lipinski definition) is 2. The fraction of sp³-hybridized carbons (Fsp3) is 0.489. The number of benzene rings is 2. The van der Waals surface area contributed by atoms with Gasteiger partial charge in [0.2, 0.25) is 17.7 Å². The monoisotopic (exact) mass is 875 g/mol. The quantitative estimate of drug-likeness (QED) is 0.0980. The Bertz CT molecular complexity index is 2360. The summed E-state index contributed by atoms with van der Waals surface area (Å²) in [5, 5.41) is 6.11. The lowest BCUT2D eigenvalue weighted by Crippen LogP contribution is -2.53. The number of rotatable bonds is 14. The number of nitrogens with zero attached hydrogens (tertiary/aromatic N) is 3. The molecule has 4 aromatic rings. The summed E-state index contributed by atoms with van der Waals surface area (Å²) in [6.45, 7) is 6.68. The van der Waals surface area contributed by atoms with Gasteiger partial charge in [-0.25, -0.2) is 9.48 Å². The van der Waals surface area contributed by atoms with Crippen molar-refractivity contribution in [3.8, 4) is 5.75 Å². The summed E-state index contributed by atoms with van der Waals surface area (Å²) in [5.74, 6) is -3.58. The van der Waals surface area contributed by atoms with E-state index in [4.69, 9.17) is 9.26 Å². The van der Waals surface area contributed by atoms with Gasteiger partial charge in [-0.2, -0.15) is 0 Å². The Morgan fingerprint density at radius 2 is 1.75 bits per heavy atom. The minimum Gasteiger partial charge on any atom is -0.465 e. The van der Waals surface area contributed by atoms with Crippen LogP contribution < -0.4 is 20.5 Å². The van der Waals surface area contributed by atoms with E-state index in [1.807, 2.05) is 22.8 Å². The average molecular weight is 876 g/mol. The highest BCUT2D eigenvalue weighted by Crippen LogP contribution is 2.58. The Morgan fingerprint density at radius 1 is 0.984 bits per heavy atom. The number of carbonyl (C=O) groups is 4. The second-order valence-electron chi connectivity index (χ2n) is 16.7. The first-order chi connectivity index (χ1) is 29.3. The molecule has 2 aromatic carbocycles. The van der Waals surface area contributed by atoms with Crippen LogP contribution in [0, 0.1) is 11.8 Å². The maximum atomic E-state index is 16.5. The minimum atomic E-state index is -4.44. The van der Waals surface area contributed by atoms with Crippen LogP contribution in [0.1, 0.15) is 98.3 Å². The molecule has 0 radical (unpaired) electrons. The van der Waals surface area contributed by atoms with Crippen LogP contribution in [0.25, 0.3) is 10.1 Å². The number of likely N-dealkylation sites (tertiary alicyclic amines) is 1. The smallest absolute Gasteiger partial charge is 0.355 e. The van der Waals surface area contributed by atoms with Crippen LogP contribution in [0.15, 0.2) is 77.7 Å². The van der Waals surface area contributed by atoms with E-state index in [2.05, 4.69) is 17.3 Å². The van der Waals surface area contributed by atoms with Crippen molar-refractivity contribution in [2.75, 3.05) is 26.2 Å². The number of esters is 1. The fourth-order valence-electron chi connectivity index (χ4n) is 8.87. The van der Waals surface area contributed by atoms with Gasteiger partial charge in [-0.15, -0.1) is 11.3 Å². The number of nitrogens with one attached hydrogen (secondary N) is 2. The third kappa shape index (κ3) is 9.79. The molecule has 16 heteroatoms. The molecule has 3 amide bonds. The summed E-state index contributed by atoms with van der Waals surface area (Å²) in [6.07, 6.45) is 6.85. The molecule has 0 saturated carbocycles. The normalized spacial score (nSPS) is 23.7. The molecule has 2 aromatic heterocycles. The standard InChI is InChI=1S/C45H55FN5O8PS/c1-5-21-58-45(56)29(3)48-60(57,59-35-13-7-6-8-14-35)41(46)31-15-18-38-33(22-31)23-39(61-38)42(53)47-25-32-11-9-10-12-34-16-17-37(51(34)43(32)54)44(55)50-26-28(2)36(27-50)30-19-20-49(4)40(52)24-30/h6-8,13-15,18-20,22-24,28-29,32,34,36-37,41H,5,9-12,16-17,21,25-27H2,1-4H3,(H,47,53)(H,48,57)/t28-,29-,32?,34-,36-,37-,41?,60?/m0/s1. The molecule has 5 heterocycles. The number of halogens is 1. The third-order valence-corrected chi connectivity index (χ3v) is 15.5. The van der Waals surface area contributed by atoms with Crippen LogP contribution in [-0.2, 0) is 30.7 Å². The molecule has 13 nitrogen and oxygen atoms in total. The average Bonchev–Trinajstić information content (AvgIpc) is 3.98. The Hall–Kier alpha value is -4.85. The predicted molar refractivity (Wildman–Crippen MR) is 232 cm³/mol. The third-order valence-electron chi connectivity index (χ3n) is 12.2. The van der Waals surface area contributed by atoms with Crippen molar-refractivity contribution < 1.29 is 37.4 Å². The first-order valence-corrected chi connectivity index (χ1v) is 23.8. The van der Waals surface area contributed by atoms with Gasteiger partial charge in [-0.3, -0.25) is 28.5 Å². The molecule has 3 aliphatic heterocycles. The Labute approximate surface area is 359 Å². The van der Waals surface area contributed by atoms with Crippen molar-refractivity contribution in [2.45, 2.75) is 95.7 Å². The van der Waals surface area contributed by atoms with E-state index in [9.17, 15) is 28.5 Å². The SMILES string of the molecule is CCCOC(=O)[C@H](C)NP(=O)(Oc1ccccc1)C(F)c1ccc2sc(C(=O)NCC3CCCC[C@H]4CC[C@@H](C(=O)N5C[C@H](c6ccn(C)c(=O)c6)[C@@H](C)C5)N4C3=O)cc2c1. The Balaban J connectivity index is 1.02. The number of ether oxygens (including phenoxy) is 1. The van der Waals surface area contributed by atoms with Crippen LogP contribution in [0.4, 0.5) is 4.39 Å². The lowest BCUT2D eigenvalue weighted by atomic mass is 9.91. The maximum Gasteiger partial charge on any atom is 0.355 e. The van der Waals surface area contributed by atoms with Crippen LogP contribution >= 0.6 is 18.9 Å². The molecular formula is C45H55FN5O8PS. The van der Waals surface area contributed by atoms with Crippen molar-refractivity contribution in [2.24, 2.45) is 18.9 Å². The lowest BCUT2D eigenvalue weighted by molar-refractivity contribution is -0.148. The summed E-state index contributed by atoms with van der Waals surface area (Å²) in [7, 11) is -2.73. The molecule has 3 fully saturated rings. The number of fused-ring (bicyclic) bond motifs is 2. The zero-order chi connectivity index (χ0) is 43.4. The van der Waals surface area contributed by atoms with Gasteiger partial charge in [-0.1, -0.05) is 51.0 Å². The Morgan fingerprint density at radius 3 is 2.51 bits per heavy atom. The number of pyridine rings is 1. The molecule has 8 atom stereocenters. The summed E-state index contributed by atoms with van der Waals surface area (Å²) in [6, 6.07) is 16.3. The highest BCUT2D eigenvalue weighted by molar-refractivity contribution is 7.57. The van der Waals surface area contributed by atoms with Crippen LogP contribution in [0.3, 0.4) is 0 Å². The minimum absolute atomic E-state index is 0.0312. The van der Waals surface area contributed by atoms with Crippen LogP contribution in [0.5, 0.6) is 5.75 Å². The molecule has 3 aliphatic rings. The van der Waals surface area contributed by atoms with E-state index < -0.39 is 37.4 Å².